The Kier molecular flexibility index (Phi) is 5.92. The summed E-state index contributed by atoms with van der Waals surface area (Å²) in [4.78, 5) is 6.82. The number of hydrogen-bond donors (Lipinski definition) is 4. The number of anilines is 3. The van der Waals surface area contributed by atoms with Crippen LogP contribution >= 0.6 is 11.8 Å². The molecule has 0 bridgehead atoms. The second kappa shape index (κ2) is 8.55. The molecule has 0 saturated carbocycles. The normalized spacial score (nSPS) is 10.6. The van der Waals surface area contributed by atoms with Gasteiger partial charge in [0, 0.05) is 34.7 Å². The third-order valence-electron chi connectivity index (χ3n) is 3.38. The van der Waals surface area contributed by atoms with Crippen molar-refractivity contribution < 1.29 is 5.11 Å². The number of aryl methyl sites for hydroxylation is 1. The predicted molar refractivity (Wildman–Crippen MR) is 102 cm³/mol. The Balaban J connectivity index is 1.82. The smallest absolute Gasteiger partial charge is 0.153 e. The molecule has 0 spiro atoms. The number of aliphatic hydroxyl groups is 1. The number of pyridine rings is 1. The van der Waals surface area contributed by atoms with E-state index >= 15 is 0 Å². The maximum atomic E-state index is 8.96. The van der Waals surface area contributed by atoms with E-state index in [4.69, 9.17) is 5.11 Å². The summed E-state index contributed by atoms with van der Waals surface area (Å²) in [6, 6.07) is 16.1. The van der Waals surface area contributed by atoms with Crippen LogP contribution in [-0.2, 0) is 0 Å². The number of H-pyrrole nitrogens is 1. The Morgan fingerprint density at radius 1 is 1.04 bits per heavy atom. The van der Waals surface area contributed by atoms with Gasteiger partial charge in [0.15, 0.2) is 5.82 Å². The van der Waals surface area contributed by atoms with E-state index in [0.717, 1.165) is 32.9 Å². The zero-order valence-electron chi connectivity index (χ0n) is 14.0. The molecule has 3 aromatic rings. The average molecular weight is 355 g/mol. The van der Waals surface area contributed by atoms with E-state index in [-0.39, 0.29) is 6.61 Å². The molecule has 3 rings (SSSR count). The molecule has 6 nitrogen and oxygen atoms in total. The number of aliphatic hydroxyl groups excluding tert-OH is 1. The van der Waals surface area contributed by atoms with E-state index in [9.17, 15) is 0 Å². The van der Waals surface area contributed by atoms with Crippen molar-refractivity contribution in [2.45, 2.75) is 23.1 Å². The van der Waals surface area contributed by atoms with E-state index in [1.54, 1.807) is 11.8 Å². The fourth-order valence-corrected chi connectivity index (χ4v) is 3.16. The summed E-state index contributed by atoms with van der Waals surface area (Å²) in [6.45, 7) is 2.78. The summed E-state index contributed by atoms with van der Waals surface area (Å²) in [5, 5.41) is 22.5. The molecule has 0 saturated heterocycles. The van der Waals surface area contributed by atoms with Gasteiger partial charge >= 0.3 is 0 Å². The number of nitrogens with zero attached hydrogens (tertiary/aromatic N) is 2. The molecule has 7 heteroatoms. The van der Waals surface area contributed by atoms with Gasteiger partial charge in [-0.05, 0) is 37.6 Å². The Bertz CT molecular complexity index is 806. The zero-order chi connectivity index (χ0) is 17.5. The molecule has 130 valence electrons. The van der Waals surface area contributed by atoms with Crippen molar-refractivity contribution in [2.24, 2.45) is 0 Å². The molecular weight excluding hydrogens is 334 g/mol. The SMILES string of the molecule is Cc1cc(Nc2cc(Sc3ccccc3)cc(NCCCO)n2)n[nH]1. The van der Waals surface area contributed by atoms with Gasteiger partial charge in [0.25, 0.3) is 0 Å². The lowest BCUT2D eigenvalue weighted by atomic mass is 10.4. The molecule has 0 aliphatic carbocycles. The molecule has 0 radical (unpaired) electrons. The van der Waals surface area contributed by atoms with Crippen molar-refractivity contribution >= 4 is 29.2 Å². The van der Waals surface area contributed by atoms with Crippen LogP contribution in [0.3, 0.4) is 0 Å². The second-order valence-corrected chi connectivity index (χ2v) is 6.70. The van der Waals surface area contributed by atoms with Gasteiger partial charge in [-0.25, -0.2) is 4.98 Å². The molecule has 25 heavy (non-hydrogen) atoms. The van der Waals surface area contributed by atoms with Gasteiger partial charge in [-0.15, -0.1) is 0 Å². The maximum absolute atomic E-state index is 8.96. The van der Waals surface area contributed by atoms with Crippen LogP contribution in [0.4, 0.5) is 17.5 Å². The minimum atomic E-state index is 0.156. The fraction of sp³-hybridized carbons (Fsp3) is 0.222. The number of rotatable bonds is 8. The molecule has 4 N–H and O–H groups in total. The average Bonchev–Trinajstić information content (AvgIpc) is 3.01. The lowest BCUT2D eigenvalue weighted by Gasteiger charge is -2.11. The minimum Gasteiger partial charge on any atom is -0.396 e. The topological polar surface area (TPSA) is 85.9 Å². The van der Waals surface area contributed by atoms with Crippen LogP contribution in [0.25, 0.3) is 0 Å². The monoisotopic (exact) mass is 355 g/mol. The fourth-order valence-electron chi connectivity index (χ4n) is 2.25. The molecule has 1 aromatic carbocycles. The molecule has 0 unspecified atom stereocenters. The van der Waals surface area contributed by atoms with Crippen molar-refractivity contribution in [3.05, 3.63) is 54.2 Å². The van der Waals surface area contributed by atoms with Crippen LogP contribution in [0.5, 0.6) is 0 Å². The van der Waals surface area contributed by atoms with Gasteiger partial charge in [-0.3, -0.25) is 5.10 Å². The molecule has 0 aliphatic heterocycles. The van der Waals surface area contributed by atoms with Crippen molar-refractivity contribution in [2.75, 3.05) is 23.8 Å². The third-order valence-corrected chi connectivity index (χ3v) is 4.36. The number of benzene rings is 1. The minimum absolute atomic E-state index is 0.156. The van der Waals surface area contributed by atoms with Crippen LogP contribution in [0, 0.1) is 6.92 Å². The molecule has 2 heterocycles. The van der Waals surface area contributed by atoms with Crippen LogP contribution in [0.2, 0.25) is 0 Å². The molecular formula is C18H21N5OS. The third kappa shape index (κ3) is 5.23. The Morgan fingerprint density at radius 3 is 2.56 bits per heavy atom. The van der Waals surface area contributed by atoms with Gasteiger partial charge in [0.1, 0.15) is 11.6 Å². The highest BCUT2D eigenvalue weighted by atomic mass is 32.2. The molecule has 0 amide bonds. The van der Waals surface area contributed by atoms with E-state index in [1.807, 2.05) is 43.3 Å². The Hall–Kier alpha value is -2.51. The van der Waals surface area contributed by atoms with E-state index in [2.05, 4.69) is 37.9 Å². The Morgan fingerprint density at radius 2 is 1.84 bits per heavy atom. The highest BCUT2D eigenvalue weighted by Crippen LogP contribution is 2.31. The van der Waals surface area contributed by atoms with Crippen molar-refractivity contribution in [1.82, 2.24) is 15.2 Å². The summed E-state index contributed by atoms with van der Waals surface area (Å²) in [5.74, 6) is 2.22. The van der Waals surface area contributed by atoms with Gasteiger partial charge in [0.05, 0.1) is 0 Å². The highest BCUT2D eigenvalue weighted by Gasteiger charge is 2.07. The quantitative estimate of drug-likeness (QED) is 0.460. The summed E-state index contributed by atoms with van der Waals surface area (Å²) >= 11 is 1.67. The van der Waals surface area contributed by atoms with E-state index in [0.29, 0.717) is 13.0 Å². The first-order valence-corrected chi connectivity index (χ1v) is 8.93. The predicted octanol–water partition coefficient (Wildman–Crippen LogP) is 3.80. The van der Waals surface area contributed by atoms with Crippen LogP contribution in [0.1, 0.15) is 12.1 Å². The first-order valence-electron chi connectivity index (χ1n) is 8.12. The van der Waals surface area contributed by atoms with Crippen molar-refractivity contribution in [1.29, 1.82) is 0 Å². The maximum Gasteiger partial charge on any atom is 0.153 e. The summed E-state index contributed by atoms with van der Waals surface area (Å²) in [5.41, 5.74) is 0.985. The number of aromatic amines is 1. The highest BCUT2D eigenvalue weighted by molar-refractivity contribution is 7.99. The van der Waals surface area contributed by atoms with Gasteiger partial charge < -0.3 is 15.7 Å². The van der Waals surface area contributed by atoms with Crippen LogP contribution in [-0.4, -0.2) is 33.4 Å². The van der Waals surface area contributed by atoms with E-state index in [1.165, 1.54) is 0 Å². The standard InChI is InChI=1S/C18H21N5OS/c1-13-10-18(23-22-13)21-17-12-15(25-14-6-3-2-4-7-14)11-16(20-17)19-8-5-9-24/h2-4,6-7,10-12,24H,5,8-9H2,1H3,(H3,19,20,21,22,23). The first kappa shape index (κ1) is 17.3. The van der Waals surface area contributed by atoms with E-state index < -0.39 is 0 Å². The van der Waals surface area contributed by atoms with Crippen LogP contribution in [0.15, 0.2) is 58.3 Å². The van der Waals surface area contributed by atoms with Crippen molar-refractivity contribution in [3.63, 3.8) is 0 Å². The number of hydrogen-bond acceptors (Lipinski definition) is 6. The second-order valence-electron chi connectivity index (χ2n) is 5.55. The lowest BCUT2D eigenvalue weighted by Crippen LogP contribution is -2.06. The summed E-state index contributed by atoms with van der Waals surface area (Å²) < 4.78 is 0. The van der Waals surface area contributed by atoms with Gasteiger partial charge in [0.2, 0.25) is 0 Å². The summed E-state index contributed by atoms with van der Waals surface area (Å²) in [7, 11) is 0. The zero-order valence-corrected chi connectivity index (χ0v) is 14.8. The molecule has 2 aromatic heterocycles. The van der Waals surface area contributed by atoms with Crippen molar-refractivity contribution in [3.8, 4) is 0 Å². The van der Waals surface area contributed by atoms with Gasteiger partial charge in [-0.2, -0.15) is 5.10 Å². The molecule has 0 atom stereocenters. The Labute approximate surface area is 151 Å². The molecule has 0 aliphatic rings. The largest absolute Gasteiger partial charge is 0.396 e. The van der Waals surface area contributed by atoms with Crippen LogP contribution < -0.4 is 10.6 Å². The summed E-state index contributed by atoms with van der Waals surface area (Å²) in [6.07, 6.45) is 0.680. The van der Waals surface area contributed by atoms with Gasteiger partial charge in [-0.1, -0.05) is 30.0 Å². The number of aromatic nitrogens is 3. The first-order chi connectivity index (χ1) is 12.2. The number of nitrogens with one attached hydrogen (secondary N) is 3. The lowest BCUT2D eigenvalue weighted by molar-refractivity contribution is 0.292. The molecule has 0 fully saturated rings.